The Hall–Kier alpha value is -2.48. The van der Waals surface area contributed by atoms with Gasteiger partial charge in [-0.2, -0.15) is 0 Å². The fourth-order valence-corrected chi connectivity index (χ4v) is 2.96. The van der Waals surface area contributed by atoms with E-state index in [-0.39, 0.29) is 12.1 Å². The molecule has 0 atom stereocenters. The highest BCUT2D eigenvalue weighted by atomic mass is 16.6. The number of nitrogens with one attached hydrogen (secondary N) is 1. The van der Waals surface area contributed by atoms with Gasteiger partial charge in [0.15, 0.2) is 5.96 Å². The van der Waals surface area contributed by atoms with E-state index in [1.165, 1.54) is 0 Å². The van der Waals surface area contributed by atoms with Crippen LogP contribution in [0.5, 0.6) is 5.75 Å². The number of ether oxygens (including phenoxy) is 2. The van der Waals surface area contributed by atoms with Crippen molar-refractivity contribution in [1.29, 1.82) is 0 Å². The molecule has 1 saturated heterocycles. The number of carbonyl (C=O) groups excluding carboxylic acids is 1. The molecular formula is C20H33N5O3. The third kappa shape index (κ3) is 7.26. The Morgan fingerprint density at radius 1 is 1.32 bits per heavy atom. The molecule has 28 heavy (non-hydrogen) atoms. The average Bonchev–Trinajstić information content (AvgIpc) is 2.67. The lowest BCUT2D eigenvalue weighted by molar-refractivity contribution is 0.0963. The molecule has 1 amide bonds. The summed E-state index contributed by atoms with van der Waals surface area (Å²) in [7, 11) is 4.03. The predicted octanol–water partition coefficient (Wildman–Crippen LogP) is 1.65. The van der Waals surface area contributed by atoms with Crippen LogP contribution in [0.25, 0.3) is 0 Å². The maximum Gasteiger partial charge on any atom is 0.409 e. The number of hydrogen-bond donors (Lipinski definition) is 2. The van der Waals surface area contributed by atoms with Gasteiger partial charge < -0.3 is 30.3 Å². The molecule has 1 fully saturated rings. The Labute approximate surface area is 167 Å². The number of nitrogens with zero attached hydrogens (tertiary/aromatic N) is 3. The summed E-state index contributed by atoms with van der Waals surface area (Å²) >= 11 is 0. The maximum atomic E-state index is 11.8. The number of hydrogen-bond acceptors (Lipinski definition) is 5. The van der Waals surface area contributed by atoms with Crippen LogP contribution in [0.3, 0.4) is 0 Å². The van der Waals surface area contributed by atoms with Crippen LogP contribution in [0.4, 0.5) is 4.79 Å². The largest absolute Gasteiger partial charge is 0.492 e. The molecule has 8 nitrogen and oxygen atoms in total. The molecule has 0 aromatic heterocycles. The molecule has 0 spiro atoms. The zero-order valence-corrected chi connectivity index (χ0v) is 17.2. The summed E-state index contributed by atoms with van der Waals surface area (Å²) in [5, 5.41) is 3.26. The van der Waals surface area contributed by atoms with Crippen LogP contribution >= 0.6 is 0 Å². The summed E-state index contributed by atoms with van der Waals surface area (Å²) in [5.74, 6) is 1.25. The van der Waals surface area contributed by atoms with Crippen LogP contribution < -0.4 is 15.8 Å². The third-order valence-corrected chi connectivity index (χ3v) is 4.56. The zero-order chi connectivity index (χ0) is 20.4. The number of amides is 1. The number of benzene rings is 1. The number of aliphatic imine (C=N–C) groups is 1. The number of nitrogens with two attached hydrogens (primary N) is 1. The van der Waals surface area contributed by atoms with Crippen molar-refractivity contribution in [2.45, 2.75) is 32.4 Å². The summed E-state index contributed by atoms with van der Waals surface area (Å²) in [4.78, 5) is 20.0. The second kappa shape index (κ2) is 11.4. The summed E-state index contributed by atoms with van der Waals surface area (Å²) < 4.78 is 10.9. The minimum atomic E-state index is -0.242. The predicted molar refractivity (Wildman–Crippen MR) is 111 cm³/mol. The van der Waals surface area contributed by atoms with Gasteiger partial charge in [-0.05, 0) is 39.9 Å². The van der Waals surface area contributed by atoms with E-state index in [1.54, 1.807) is 4.90 Å². The van der Waals surface area contributed by atoms with E-state index in [2.05, 4.69) is 15.2 Å². The van der Waals surface area contributed by atoms with Crippen molar-refractivity contribution in [1.82, 2.24) is 15.1 Å². The fraction of sp³-hybridized carbons (Fsp3) is 0.600. The number of likely N-dealkylation sites (N-methyl/N-ethyl adjacent to an activating group) is 1. The van der Waals surface area contributed by atoms with Crippen LogP contribution in [0.2, 0.25) is 0 Å². The van der Waals surface area contributed by atoms with E-state index >= 15 is 0 Å². The lowest BCUT2D eigenvalue weighted by Gasteiger charge is -2.31. The summed E-state index contributed by atoms with van der Waals surface area (Å²) in [6.45, 7) is 5.47. The molecule has 0 radical (unpaired) electrons. The average molecular weight is 392 g/mol. The first kappa shape index (κ1) is 21.8. The van der Waals surface area contributed by atoms with Crippen molar-refractivity contribution in [3.05, 3.63) is 29.8 Å². The number of likely N-dealkylation sites (tertiary alicyclic amines) is 1. The van der Waals surface area contributed by atoms with Gasteiger partial charge in [0.05, 0.1) is 13.2 Å². The molecule has 8 heteroatoms. The number of piperidine rings is 1. The Kier molecular flexibility index (Phi) is 8.87. The quantitative estimate of drug-likeness (QED) is 0.517. The highest BCUT2D eigenvalue weighted by molar-refractivity contribution is 5.78. The molecular weight excluding hydrogens is 358 g/mol. The smallest absolute Gasteiger partial charge is 0.409 e. The van der Waals surface area contributed by atoms with Gasteiger partial charge in [-0.3, -0.25) is 0 Å². The number of carbonyl (C=O) groups is 1. The Morgan fingerprint density at radius 2 is 2.04 bits per heavy atom. The number of rotatable bonds is 8. The van der Waals surface area contributed by atoms with Crippen LogP contribution in [0.1, 0.15) is 25.3 Å². The third-order valence-electron chi connectivity index (χ3n) is 4.56. The molecule has 0 unspecified atom stereocenters. The summed E-state index contributed by atoms with van der Waals surface area (Å²) in [6.07, 6.45) is 1.40. The molecule has 1 heterocycles. The van der Waals surface area contributed by atoms with Gasteiger partial charge in [0, 0.05) is 31.2 Å². The van der Waals surface area contributed by atoms with Gasteiger partial charge >= 0.3 is 6.09 Å². The van der Waals surface area contributed by atoms with Crippen molar-refractivity contribution in [3.8, 4) is 5.75 Å². The molecule has 0 aliphatic carbocycles. The second-order valence-corrected chi connectivity index (χ2v) is 7.07. The normalized spacial score (nSPS) is 15.6. The molecule has 156 valence electrons. The van der Waals surface area contributed by atoms with Crippen LogP contribution in [-0.4, -0.2) is 74.8 Å². The first-order valence-electron chi connectivity index (χ1n) is 9.83. The summed E-state index contributed by atoms with van der Waals surface area (Å²) in [6, 6.07) is 8.09. The molecule has 1 aliphatic heterocycles. The lowest BCUT2D eigenvalue weighted by atomic mass is 10.1. The van der Waals surface area contributed by atoms with Gasteiger partial charge in [-0.15, -0.1) is 0 Å². The summed E-state index contributed by atoms with van der Waals surface area (Å²) in [5.41, 5.74) is 7.07. The zero-order valence-electron chi connectivity index (χ0n) is 17.2. The Morgan fingerprint density at radius 3 is 2.71 bits per heavy atom. The SMILES string of the molecule is CCOC(=O)N1CCC(NC(N)=NCc2ccccc2OCCN(C)C)CC1. The monoisotopic (exact) mass is 391 g/mol. The fourth-order valence-electron chi connectivity index (χ4n) is 2.96. The molecule has 1 aromatic rings. The standard InChI is InChI=1S/C20H33N5O3/c1-4-27-20(26)25-11-9-17(10-12-25)23-19(21)22-15-16-7-5-6-8-18(16)28-14-13-24(2)3/h5-8,17H,4,9-15H2,1-3H3,(H3,21,22,23). The van der Waals surface area contributed by atoms with Gasteiger partial charge in [0.1, 0.15) is 12.4 Å². The van der Waals surface area contributed by atoms with Crippen molar-refractivity contribution < 1.29 is 14.3 Å². The Bertz CT molecular complexity index is 642. The van der Waals surface area contributed by atoms with Gasteiger partial charge in [-0.25, -0.2) is 9.79 Å². The van der Waals surface area contributed by atoms with E-state index in [0.29, 0.717) is 38.8 Å². The lowest BCUT2D eigenvalue weighted by Crippen LogP contribution is -2.48. The van der Waals surface area contributed by atoms with E-state index in [0.717, 1.165) is 30.7 Å². The molecule has 1 aromatic carbocycles. The number of guanidine groups is 1. The highest BCUT2D eigenvalue weighted by Gasteiger charge is 2.23. The van der Waals surface area contributed by atoms with E-state index in [9.17, 15) is 4.79 Å². The Balaban J connectivity index is 1.81. The highest BCUT2D eigenvalue weighted by Crippen LogP contribution is 2.19. The van der Waals surface area contributed by atoms with Crippen LogP contribution in [0, 0.1) is 0 Å². The first-order chi connectivity index (χ1) is 13.5. The van der Waals surface area contributed by atoms with Crippen molar-refractivity contribution >= 4 is 12.1 Å². The van der Waals surface area contributed by atoms with Crippen molar-refractivity contribution in [2.24, 2.45) is 10.7 Å². The topological polar surface area (TPSA) is 92.4 Å². The number of para-hydroxylation sites is 1. The van der Waals surface area contributed by atoms with Gasteiger partial charge in [0.2, 0.25) is 0 Å². The van der Waals surface area contributed by atoms with E-state index < -0.39 is 0 Å². The van der Waals surface area contributed by atoms with Crippen LogP contribution in [-0.2, 0) is 11.3 Å². The second-order valence-electron chi connectivity index (χ2n) is 7.07. The van der Waals surface area contributed by atoms with Crippen molar-refractivity contribution in [3.63, 3.8) is 0 Å². The van der Waals surface area contributed by atoms with E-state index in [1.807, 2.05) is 45.3 Å². The van der Waals surface area contributed by atoms with Crippen molar-refractivity contribution in [2.75, 3.05) is 46.9 Å². The van der Waals surface area contributed by atoms with E-state index in [4.69, 9.17) is 15.2 Å². The molecule has 3 N–H and O–H groups in total. The molecule has 0 saturated carbocycles. The van der Waals surface area contributed by atoms with Crippen LogP contribution in [0.15, 0.2) is 29.3 Å². The molecule has 1 aliphatic rings. The van der Waals surface area contributed by atoms with Gasteiger partial charge in [-0.1, -0.05) is 18.2 Å². The minimum Gasteiger partial charge on any atom is -0.492 e. The first-order valence-corrected chi connectivity index (χ1v) is 9.83. The maximum absolute atomic E-state index is 11.8. The minimum absolute atomic E-state index is 0.209. The van der Waals surface area contributed by atoms with Gasteiger partial charge in [0.25, 0.3) is 0 Å². The molecule has 0 bridgehead atoms. The molecule has 2 rings (SSSR count).